The van der Waals surface area contributed by atoms with Crippen LogP contribution in [0, 0.1) is 13.8 Å². The van der Waals surface area contributed by atoms with Gasteiger partial charge in [0, 0.05) is 18.8 Å². The molecule has 0 unspecified atom stereocenters. The van der Waals surface area contributed by atoms with Crippen LogP contribution >= 0.6 is 0 Å². The van der Waals surface area contributed by atoms with Crippen molar-refractivity contribution in [2.75, 3.05) is 12.8 Å². The van der Waals surface area contributed by atoms with E-state index in [4.69, 9.17) is 5.73 Å². The molecule has 0 atom stereocenters. The molecule has 2 nitrogen and oxygen atoms in total. The van der Waals surface area contributed by atoms with E-state index in [0.29, 0.717) is 0 Å². The summed E-state index contributed by atoms with van der Waals surface area (Å²) in [4.78, 5) is 2.29. The van der Waals surface area contributed by atoms with Gasteiger partial charge in [-0.2, -0.15) is 0 Å². The molecule has 0 fully saturated rings. The summed E-state index contributed by atoms with van der Waals surface area (Å²) in [6.07, 6.45) is 0. The van der Waals surface area contributed by atoms with Gasteiger partial charge in [0.15, 0.2) is 0 Å². The minimum Gasteiger partial charge on any atom is -0.398 e. The van der Waals surface area contributed by atoms with Gasteiger partial charge in [0.2, 0.25) is 0 Å². The number of hydrogen-bond acceptors (Lipinski definition) is 2. The van der Waals surface area contributed by atoms with Crippen LogP contribution in [0.25, 0.3) is 0 Å². The molecule has 0 aliphatic carbocycles. The largest absolute Gasteiger partial charge is 0.398 e. The molecule has 2 rings (SSSR count). The number of nitrogens with zero attached hydrogens (tertiary/aromatic N) is 1. The maximum absolute atomic E-state index is 6.03. The van der Waals surface area contributed by atoms with Crippen molar-refractivity contribution in [3.8, 4) is 0 Å². The fourth-order valence-corrected chi connectivity index (χ4v) is 2.34. The van der Waals surface area contributed by atoms with Crippen molar-refractivity contribution in [1.82, 2.24) is 4.90 Å². The van der Waals surface area contributed by atoms with Gasteiger partial charge in [-0.05, 0) is 38.1 Å². The van der Waals surface area contributed by atoms with Crippen LogP contribution in [0.15, 0.2) is 42.5 Å². The van der Waals surface area contributed by atoms with Crippen LogP contribution in [0.2, 0.25) is 0 Å². The molecule has 0 amide bonds. The fraction of sp³-hybridized carbons (Fsp3) is 0.294. The fourth-order valence-electron chi connectivity index (χ4n) is 2.34. The predicted octanol–water partition coefficient (Wildman–Crippen LogP) is 3.52. The molecule has 0 spiro atoms. The molecule has 19 heavy (non-hydrogen) atoms. The normalized spacial score (nSPS) is 10.9. The quantitative estimate of drug-likeness (QED) is 0.846. The Balaban J connectivity index is 2.05. The van der Waals surface area contributed by atoms with Crippen molar-refractivity contribution >= 4 is 5.69 Å². The standard InChI is InChI=1S/C17H22N2/c1-13-5-4-6-15(9-13)11-19(3)12-16-10-14(2)7-8-17(16)18/h4-10H,11-12,18H2,1-3H3. The summed E-state index contributed by atoms with van der Waals surface area (Å²) in [5.41, 5.74) is 12.0. The van der Waals surface area contributed by atoms with Gasteiger partial charge < -0.3 is 5.73 Å². The lowest BCUT2D eigenvalue weighted by atomic mass is 10.1. The summed E-state index contributed by atoms with van der Waals surface area (Å²) in [6.45, 7) is 6.04. The van der Waals surface area contributed by atoms with Crippen molar-refractivity contribution < 1.29 is 0 Å². The number of benzene rings is 2. The highest BCUT2D eigenvalue weighted by Crippen LogP contribution is 2.17. The molecule has 0 heterocycles. The average molecular weight is 254 g/mol. The molecule has 2 N–H and O–H groups in total. The molecule has 0 aromatic heterocycles. The van der Waals surface area contributed by atoms with Crippen LogP contribution in [0.5, 0.6) is 0 Å². The zero-order valence-corrected chi connectivity index (χ0v) is 12.0. The summed E-state index contributed by atoms with van der Waals surface area (Å²) in [5, 5.41) is 0. The Labute approximate surface area is 115 Å². The summed E-state index contributed by atoms with van der Waals surface area (Å²) in [5.74, 6) is 0. The minimum absolute atomic E-state index is 0.876. The van der Waals surface area contributed by atoms with Crippen LogP contribution in [-0.2, 0) is 13.1 Å². The lowest BCUT2D eigenvalue weighted by Crippen LogP contribution is -2.18. The van der Waals surface area contributed by atoms with E-state index < -0.39 is 0 Å². The number of hydrogen-bond donors (Lipinski definition) is 1. The van der Waals surface area contributed by atoms with Crippen LogP contribution in [-0.4, -0.2) is 11.9 Å². The first kappa shape index (κ1) is 13.6. The SMILES string of the molecule is Cc1cccc(CN(C)Cc2cc(C)ccc2N)c1. The highest BCUT2D eigenvalue weighted by atomic mass is 15.1. The van der Waals surface area contributed by atoms with Gasteiger partial charge in [-0.25, -0.2) is 0 Å². The second kappa shape index (κ2) is 5.89. The predicted molar refractivity (Wildman–Crippen MR) is 81.9 cm³/mol. The van der Waals surface area contributed by atoms with Crippen molar-refractivity contribution in [2.24, 2.45) is 0 Å². The number of anilines is 1. The molecule has 0 saturated heterocycles. The Morgan fingerprint density at radius 3 is 2.42 bits per heavy atom. The topological polar surface area (TPSA) is 29.3 Å². The third-order valence-electron chi connectivity index (χ3n) is 3.27. The molecule has 0 bridgehead atoms. The Kier molecular flexibility index (Phi) is 4.23. The van der Waals surface area contributed by atoms with E-state index >= 15 is 0 Å². The van der Waals surface area contributed by atoms with E-state index in [1.807, 2.05) is 6.07 Å². The lowest BCUT2D eigenvalue weighted by Gasteiger charge is -2.18. The molecule has 2 aromatic rings. The van der Waals surface area contributed by atoms with Crippen molar-refractivity contribution in [1.29, 1.82) is 0 Å². The van der Waals surface area contributed by atoms with Crippen molar-refractivity contribution in [3.63, 3.8) is 0 Å². The Morgan fingerprint density at radius 1 is 0.947 bits per heavy atom. The first-order valence-electron chi connectivity index (χ1n) is 6.63. The molecule has 0 aliphatic heterocycles. The monoisotopic (exact) mass is 254 g/mol. The lowest BCUT2D eigenvalue weighted by molar-refractivity contribution is 0.319. The van der Waals surface area contributed by atoms with Gasteiger partial charge in [-0.15, -0.1) is 0 Å². The average Bonchev–Trinajstić information content (AvgIpc) is 2.34. The van der Waals surface area contributed by atoms with Gasteiger partial charge in [-0.1, -0.05) is 47.5 Å². The first-order valence-corrected chi connectivity index (χ1v) is 6.63. The second-order valence-corrected chi connectivity index (χ2v) is 5.36. The maximum Gasteiger partial charge on any atom is 0.0359 e. The zero-order valence-electron chi connectivity index (χ0n) is 12.0. The van der Waals surface area contributed by atoms with E-state index in [1.54, 1.807) is 0 Å². The van der Waals surface area contributed by atoms with E-state index in [1.165, 1.54) is 22.3 Å². The highest BCUT2D eigenvalue weighted by molar-refractivity contribution is 5.48. The zero-order chi connectivity index (χ0) is 13.8. The number of aryl methyl sites for hydroxylation is 2. The van der Waals surface area contributed by atoms with Crippen molar-refractivity contribution in [2.45, 2.75) is 26.9 Å². The Morgan fingerprint density at radius 2 is 1.68 bits per heavy atom. The molecule has 2 heteroatoms. The van der Waals surface area contributed by atoms with E-state index in [9.17, 15) is 0 Å². The molecule has 100 valence electrons. The highest BCUT2D eigenvalue weighted by Gasteiger charge is 2.05. The summed E-state index contributed by atoms with van der Waals surface area (Å²) in [6, 6.07) is 14.9. The van der Waals surface area contributed by atoms with E-state index in [0.717, 1.165) is 18.8 Å². The van der Waals surface area contributed by atoms with Gasteiger partial charge in [-0.3, -0.25) is 4.90 Å². The van der Waals surface area contributed by atoms with Gasteiger partial charge in [0.1, 0.15) is 0 Å². The van der Waals surface area contributed by atoms with Gasteiger partial charge in [0.05, 0.1) is 0 Å². The van der Waals surface area contributed by atoms with Crippen LogP contribution in [0.3, 0.4) is 0 Å². The van der Waals surface area contributed by atoms with Crippen molar-refractivity contribution in [3.05, 3.63) is 64.7 Å². The second-order valence-electron chi connectivity index (χ2n) is 5.36. The number of nitrogens with two attached hydrogens (primary N) is 1. The molecular weight excluding hydrogens is 232 g/mol. The summed E-state index contributed by atoms with van der Waals surface area (Å²) >= 11 is 0. The number of nitrogen functional groups attached to an aromatic ring is 1. The molecule has 0 saturated carbocycles. The first-order chi connectivity index (χ1) is 9.04. The Bertz CT molecular complexity index is 561. The Hall–Kier alpha value is -1.80. The molecule has 0 aliphatic rings. The third-order valence-corrected chi connectivity index (χ3v) is 3.27. The minimum atomic E-state index is 0.876. The molecular formula is C17H22N2. The van der Waals surface area contributed by atoms with Crippen LogP contribution in [0.4, 0.5) is 5.69 Å². The van der Waals surface area contributed by atoms with Gasteiger partial charge in [0.25, 0.3) is 0 Å². The van der Waals surface area contributed by atoms with E-state index in [-0.39, 0.29) is 0 Å². The molecule has 2 aromatic carbocycles. The smallest absolute Gasteiger partial charge is 0.0359 e. The molecule has 0 radical (unpaired) electrons. The summed E-state index contributed by atoms with van der Waals surface area (Å²) in [7, 11) is 2.13. The van der Waals surface area contributed by atoms with Gasteiger partial charge >= 0.3 is 0 Å². The summed E-state index contributed by atoms with van der Waals surface area (Å²) < 4.78 is 0. The van der Waals surface area contributed by atoms with Crippen LogP contribution < -0.4 is 5.73 Å². The maximum atomic E-state index is 6.03. The third kappa shape index (κ3) is 3.83. The van der Waals surface area contributed by atoms with Crippen LogP contribution in [0.1, 0.15) is 22.3 Å². The van der Waals surface area contributed by atoms with E-state index in [2.05, 4.69) is 62.2 Å². The number of rotatable bonds is 4.